The van der Waals surface area contributed by atoms with E-state index in [0.717, 1.165) is 25.7 Å². The van der Waals surface area contributed by atoms with Crippen LogP contribution in [0.25, 0.3) is 0 Å². The summed E-state index contributed by atoms with van der Waals surface area (Å²) in [5.74, 6) is 0.509. The lowest BCUT2D eigenvalue weighted by Crippen LogP contribution is -2.52. The van der Waals surface area contributed by atoms with Gasteiger partial charge in [-0.25, -0.2) is 0 Å². The van der Waals surface area contributed by atoms with E-state index in [9.17, 15) is 4.79 Å². The van der Waals surface area contributed by atoms with Gasteiger partial charge in [0.15, 0.2) is 6.61 Å². The molecule has 1 saturated carbocycles. The summed E-state index contributed by atoms with van der Waals surface area (Å²) in [6, 6.07) is 6.94. The standard InChI is InChI=1S/C14H19ClN2O2.ClH/c15-11-3-5-12(6-4-11)19-9-13(18)17-14(10-16)7-1-2-8-14;/h3-6H,1-2,7-10,16H2,(H,17,18);1H. The molecule has 112 valence electrons. The highest BCUT2D eigenvalue weighted by Crippen LogP contribution is 2.28. The first kappa shape index (κ1) is 17.1. The second-order valence-electron chi connectivity index (χ2n) is 4.98. The Bertz CT molecular complexity index is 431. The Balaban J connectivity index is 0.00000200. The van der Waals surface area contributed by atoms with Crippen molar-refractivity contribution in [2.75, 3.05) is 13.2 Å². The molecule has 0 spiro atoms. The van der Waals surface area contributed by atoms with Gasteiger partial charge in [0.05, 0.1) is 5.54 Å². The fourth-order valence-corrected chi connectivity index (χ4v) is 2.57. The van der Waals surface area contributed by atoms with E-state index < -0.39 is 0 Å². The minimum Gasteiger partial charge on any atom is -0.484 e. The number of hydrogen-bond acceptors (Lipinski definition) is 3. The summed E-state index contributed by atoms with van der Waals surface area (Å²) in [6.45, 7) is 0.489. The molecule has 0 unspecified atom stereocenters. The molecular formula is C14H20Cl2N2O2. The van der Waals surface area contributed by atoms with Gasteiger partial charge in [0.2, 0.25) is 0 Å². The minimum absolute atomic E-state index is 0. The molecule has 6 heteroatoms. The first-order chi connectivity index (χ1) is 9.13. The van der Waals surface area contributed by atoms with Gasteiger partial charge in [0.1, 0.15) is 5.75 Å². The first-order valence-corrected chi connectivity index (χ1v) is 6.91. The van der Waals surface area contributed by atoms with Crippen molar-refractivity contribution in [3.8, 4) is 5.75 Å². The molecule has 0 heterocycles. The van der Waals surface area contributed by atoms with Gasteiger partial charge in [-0.05, 0) is 37.1 Å². The van der Waals surface area contributed by atoms with Gasteiger partial charge < -0.3 is 15.8 Å². The lowest BCUT2D eigenvalue weighted by atomic mass is 9.98. The van der Waals surface area contributed by atoms with Gasteiger partial charge in [-0.1, -0.05) is 24.4 Å². The highest BCUT2D eigenvalue weighted by Gasteiger charge is 2.33. The van der Waals surface area contributed by atoms with Crippen LogP contribution < -0.4 is 15.8 Å². The highest BCUT2D eigenvalue weighted by atomic mass is 35.5. The number of ether oxygens (including phenoxy) is 1. The summed E-state index contributed by atoms with van der Waals surface area (Å²) in [6.07, 6.45) is 4.15. The Morgan fingerprint density at radius 3 is 2.45 bits per heavy atom. The van der Waals surface area contributed by atoms with Crippen molar-refractivity contribution in [1.29, 1.82) is 0 Å². The Hall–Kier alpha value is -0.970. The fraction of sp³-hybridized carbons (Fsp3) is 0.500. The Kier molecular flexibility index (Phi) is 6.59. The lowest BCUT2D eigenvalue weighted by Gasteiger charge is -2.28. The maximum absolute atomic E-state index is 11.9. The largest absolute Gasteiger partial charge is 0.484 e. The third-order valence-corrected chi connectivity index (χ3v) is 3.79. The molecule has 20 heavy (non-hydrogen) atoms. The second-order valence-corrected chi connectivity index (χ2v) is 5.42. The van der Waals surface area contributed by atoms with E-state index in [-0.39, 0.29) is 30.5 Å². The van der Waals surface area contributed by atoms with E-state index in [1.807, 2.05) is 0 Å². The molecule has 4 nitrogen and oxygen atoms in total. The number of benzene rings is 1. The van der Waals surface area contributed by atoms with E-state index in [1.54, 1.807) is 24.3 Å². The molecule has 1 aromatic carbocycles. The average molecular weight is 319 g/mol. The molecule has 0 aromatic heterocycles. The summed E-state index contributed by atoms with van der Waals surface area (Å²) in [7, 11) is 0. The summed E-state index contributed by atoms with van der Waals surface area (Å²) in [5.41, 5.74) is 5.55. The average Bonchev–Trinajstić information content (AvgIpc) is 2.87. The number of nitrogens with two attached hydrogens (primary N) is 1. The second kappa shape index (κ2) is 7.72. The summed E-state index contributed by atoms with van der Waals surface area (Å²) < 4.78 is 5.41. The van der Waals surface area contributed by atoms with Crippen molar-refractivity contribution in [1.82, 2.24) is 5.32 Å². The molecule has 0 radical (unpaired) electrons. The molecule has 2 rings (SSSR count). The van der Waals surface area contributed by atoms with Crippen molar-refractivity contribution >= 4 is 29.9 Å². The van der Waals surface area contributed by atoms with Crippen molar-refractivity contribution in [2.24, 2.45) is 5.73 Å². The Labute approximate surface area is 130 Å². The van der Waals surface area contributed by atoms with Gasteiger partial charge in [-0.15, -0.1) is 12.4 Å². The van der Waals surface area contributed by atoms with Crippen LogP contribution in [0.3, 0.4) is 0 Å². The highest BCUT2D eigenvalue weighted by molar-refractivity contribution is 6.30. The lowest BCUT2D eigenvalue weighted by molar-refractivity contribution is -0.124. The number of rotatable bonds is 5. The number of hydrogen-bond donors (Lipinski definition) is 2. The molecule has 0 atom stereocenters. The van der Waals surface area contributed by atoms with Gasteiger partial charge in [-0.2, -0.15) is 0 Å². The topological polar surface area (TPSA) is 64.3 Å². The zero-order chi connectivity index (χ0) is 13.7. The van der Waals surface area contributed by atoms with Crippen LogP contribution >= 0.6 is 24.0 Å². The number of carbonyl (C=O) groups excluding carboxylic acids is 1. The maximum Gasteiger partial charge on any atom is 0.258 e. The van der Waals surface area contributed by atoms with Crippen molar-refractivity contribution < 1.29 is 9.53 Å². The van der Waals surface area contributed by atoms with Gasteiger partial charge in [-0.3, -0.25) is 4.79 Å². The van der Waals surface area contributed by atoms with E-state index in [2.05, 4.69) is 5.32 Å². The van der Waals surface area contributed by atoms with Crippen LogP contribution in [0.15, 0.2) is 24.3 Å². The smallest absolute Gasteiger partial charge is 0.258 e. The number of nitrogens with one attached hydrogen (secondary N) is 1. The van der Waals surface area contributed by atoms with Crippen LogP contribution in [0.4, 0.5) is 0 Å². The van der Waals surface area contributed by atoms with Crippen LogP contribution in [-0.4, -0.2) is 24.6 Å². The van der Waals surface area contributed by atoms with E-state index in [1.165, 1.54) is 0 Å². The predicted octanol–water partition coefficient (Wildman–Crippen LogP) is 2.53. The van der Waals surface area contributed by atoms with Crippen LogP contribution in [0.2, 0.25) is 5.02 Å². The zero-order valence-electron chi connectivity index (χ0n) is 11.2. The van der Waals surface area contributed by atoms with Crippen molar-refractivity contribution in [2.45, 2.75) is 31.2 Å². The van der Waals surface area contributed by atoms with Crippen LogP contribution in [-0.2, 0) is 4.79 Å². The monoisotopic (exact) mass is 318 g/mol. The first-order valence-electron chi connectivity index (χ1n) is 6.53. The molecule has 1 aliphatic carbocycles. The van der Waals surface area contributed by atoms with Crippen molar-refractivity contribution in [3.63, 3.8) is 0 Å². The van der Waals surface area contributed by atoms with Gasteiger partial charge >= 0.3 is 0 Å². The van der Waals surface area contributed by atoms with Gasteiger partial charge in [0, 0.05) is 11.6 Å². The molecular weight excluding hydrogens is 299 g/mol. The Morgan fingerprint density at radius 1 is 1.30 bits per heavy atom. The van der Waals surface area contributed by atoms with E-state index in [4.69, 9.17) is 22.1 Å². The van der Waals surface area contributed by atoms with E-state index in [0.29, 0.717) is 17.3 Å². The summed E-state index contributed by atoms with van der Waals surface area (Å²) in [4.78, 5) is 11.9. The molecule has 1 aromatic rings. The zero-order valence-corrected chi connectivity index (χ0v) is 12.8. The normalized spacial score (nSPS) is 16.3. The van der Waals surface area contributed by atoms with Gasteiger partial charge in [0.25, 0.3) is 5.91 Å². The number of amides is 1. The van der Waals surface area contributed by atoms with Crippen molar-refractivity contribution in [3.05, 3.63) is 29.3 Å². The third kappa shape index (κ3) is 4.54. The third-order valence-electron chi connectivity index (χ3n) is 3.54. The molecule has 1 fully saturated rings. The fourth-order valence-electron chi connectivity index (χ4n) is 2.44. The predicted molar refractivity (Wildman–Crippen MR) is 82.6 cm³/mol. The quantitative estimate of drug-likeness (QED) is 0.876. The number of halogens is 2. The molecule has 3 N–H and O–H groups in total. The SMILES string of the molecule is Cl.NCC1(NC(=O)COc2ccc(Cl)cc2)CCCC1. The molecule has 1 aliphatic rings. The molecule has 1 amide bonds. The van der Waals surface area contributed by atoms with Crippen LogP contribution in [0, 0.1) is 0 Å². The summed E-state index contributed by atoms with van der Waals surface area (Å²) >= 11 is 5.78. The molecule has 0 saturated heterocycles. The van der Waals surface area contributed by atoms with Crippen LogP contribution in [0.5, 0.6) is 5.75 Å². The maximum atomic E-state index is 11.9. The number of carbonyl (C=O) groups is 1. The van der Waals surface area contributed by atoms with E-state index >= 15 is 0 Å². The molecule has 0 bridgehead atoms. The van der Waals surface area contributed by atoms with Crippen LogP contribution in [0.1, 0.15) is 25.7 Å². The molecule has 0 aliphatic heterocycles. The minimum atomic E-state index is -0.222. The Morgan fingerprint density at radius 2 is 1.90 bits per heavy atom. The summed E-state index contributed by atoms with van der Waals surface area (Å²) in [5, 5.41) is 3.65.